The van der Waals surface area contributed by atoms with Crippen molar-refractivity contribution in [3.05, 3.63) is 101 Å². The zero-order chi connectivity index (χ0) is 23.5. The number of nitrogens with one attached hydrogen (secondary N) is 1. The molecule has 0 amide bonds. The summed E-state index contributed by atoms with van der Waals surface area (Å²) in [4.78, 5) is 9.95. The molecule has 1 aliphatic carbocycles. The number of carbonyl (C=O) groups is 1. The van der Waals surface area contributed by atoms with Gasteiger partial charge in [-0.15, -0.1) is 0 Å². The Kier molecular flexibility index (Phi) is 9.48. The largest absolute Gasteiger partial charge is 0.508 e. The molecule has 4 rings (SSSR count). The Labute approximate surface area is 195 Å². The van der Waals surface area contributed by atoms with Gasteiger partial charge in [-0.25, -0.2) is 0 Å². The lowest BCUT2D eigenvalue weighted by molar-refractivity contribution is -0.137. The minimum absolute atomic E-state index is 0.104. The number of aryl methyl sites for hydroxylation is 1. The first-order valence-electron chi connectivity index (χ1n) is 11.5. The molecule has 174 valence electrons. The van der Waals surface area contributed by atoms with Crippen LogP contribution in [0.2, 0.25) is 0 Å². The van der Waals surface area contributed by atoms with Gasteiger partial charge in [0.25, 0.3) is 0 Å². The Morgan fingerprint density at radius 2 is 1.58 bits per heavy atom. The maximum absolute atomic E-state index is 9.95. The van der Waals surface area contributed by atoms with Crippen LogP contribution in [-0.4, -0.2) is 41.0 Å². The Bertz CT molecular complexity index is 991. The van der Waals surface area contributed by atoms with Crippen LogP contribution in [0.4, 0.5) is 0 Å². The van der Waals surface area contributed by atoms with E-state index < -0.39 is 5.97 Å². The molecule has 33 heavy (non-hydrogen) atoms. The van der Waals surface area contributed by atoms with E-state index in [1.807, 2.05) is 12.1 Å². The minimum Gasteiger partial charge on any atom is -0.508 e. The monoisotopic (exact) mass is 447 g/mol. The molecule has 3 aromatic rings. The molecule has 5 heteroatoms. The van der Waals surface area contributed by atoms with Crippen LogP contribution in [-0.2, 0) is 11.2 Å². The Morgan fingerprint density at radius 1 is 0.909 bits per heavy atom. The number of rotatable bonds is 8. The fraction of sp³-hybridized carbons (Fsp3) is 0.321. The highest BCUT2D eigenvalue weighted by molar-refractivity contribution is 5.66. The molecule has 4 N–H and O–H groups in total. The number of carboxylic acid groups (broad SMARTS) is 1. The van der Waals surface area contributed by atoms with Gasteiger partial charge in [-0.2, -0.15) is 0 Å². The number of aliphatic hydroxyl groups excluding tert-OH is 1. The van der Waals surface area contributed by atoms with Gasteiger partial charge in [0.1, 0.15) is 5.75 Å². The minimum atomic E-state index is -0.772. The van der Waals surface area contributed by atoms with Crippen LogP contribution in [0.3, 0.4) is 0 Å². The second kappa shape index (κ2) is 12.8. The summed E-state index contributed by atoms with van der Waals surface area (Å²) in [7, 11) is 0. The summed E-state index contributed by atoms with van der Waals surface area (Å²) < 4.78 is 0. The maximum Gasteiger partial charge on any atom is 0.303 e. The fourth-order valence-electron chi connectivity index (χ4n) is 4.51. The van der Waals surface area contributed by atoms with Crippen LogP contribution in [0.5, 0.6) is 5.75 Å². The number of benzene rings is 3. The van der Waals surface area contributed by atoms with Gasteiger partial charge >= 0.3 is 5.97 Å². The number of aromatic hydroxyl groups is 1. The average Bonchev–Trinajstić information content (AvgIpc) is 2.84. The van der Waals surface area contributed by atoms with Crippen LogP contribution < -0.4 is 5.32 Å². The molecule has 0 heterocycles. The Balaban J connectivity index is 0.000000262. The summed E-state index contributed by atoms with van der Waals surface area (Å²) in [6.45, 7) is 1.31. The highest BCUT2D eigenvalue weighted by Gasteiger charge is 2.31. The normalized spacial score (nSPS) is 16.9. The first-order chi connectivity index (χ1) is 16.1. The molecule has 5 nitrogen and oxygen atoms in total. The van der Waals surface area contributed by atoms with Crippen LogP contribution in [0.25, 0.3) is 0 Å². The van der Waals surface area contributed by atoms with Crippen molar-refractivity contribution in [3.8, 4) is 5.75 Å². The quantitative estimate of drug-likeness (QED) is 0.376. The lowest BCUT2D eigenvalue weighted by Crippen LogP contribution is -2.20. The van der Waals surface area contributed by atoms with E-state index in [1.165, 1.54) is 22.3 Å². The van der Waals surface area contributed by atoms with Crippen molar-refractivity contribution < 1.29 is 20.1 Å². The number of hydrogen-bond donors (Lipinski definition) is 4. The van der Waals surface area contributed by atoms with Crippen molar-refractivity contribution in [2.45, 2.75) is 37.5 Å². The van der Waals surface area contributed by atoms with E-state index in [1.54, 1.807) is 0 Å². The van der Waals surface area contributed by atoms with Gasteiger partial charge in [-0.1, -0.05) is 66.7 Å². The second-order valence-electron chi connectivity index (χ2n) is 8.30. The molecule has 0 aliphatic heterocycles. The van der Waals surface area contributed by atoms with Crippen molar-refractivity contribution in [2.75, 3.05) is 19.7 Å². The number of hydrogen-bond acceptors (Lipinski definition) is 4. The molecule has 3 aromatic carbocycles. The van der Waals surface area contributed by atoms with Gasteiger partial charge in [0.05, 0.1) is 6.61 Å². The molecule has 0 aromatic heterocycles. The van der Waals surface area contributed by atoms with E-state index in [0.29, 0.717) is 37.1 Å². The van der Waals surface area contributed by atoms with Gasteiger partial charge in [0.15, 0.2) is 0 Å². The number of phenolic OH excluding ortho intramolecular Hbond substituents is 1. The molecule has 0 saturated heterocycles. The lowest BCUT2D eigenvalue weighted by Gasteiger charge is -2.34. The third-order valence-corrected chi connectivity index (χ3v) is 6.01. The topological polar surface area (TPSA) is 89.8 Å². The number of fused-ring (bicyclic) bond motifs is 1. The van der Waals surface area contributed by atoms with Gasteiger partial charge in [-0.05, 0) is 66.1 Å². The summed E-state index contributed by atoms with van der Waals surface area (Å²) in [5.41, 5.74) is 5.40. The first-order valence-corrected chi connectivity index (χ1v) is 11.5. The fourth-order valence-corrected chi connectivity index (χ4v) is 4.51. The van der Waals surface area contributed by atoms with E-state index >= 15 is 0 Å². The van der Waals surface area contributed by atoms with E-state index in [9.17, 15) is 9.90 Å². The van der Waals surface area contributed by atoms with Gasteiger partial charge in [0, 0.05) is 18.9 Å². The van der Waals surface area contributed by atoms with Crippen LogP contribution in [0.15, 0.2) is 78.9 Å². The van der Waals surface area contributed by atoms with E-state index in [2.05, 4.69) is 72.0 Å². The number of aliphatic hydroxyl groups is 1. The van der Waals surface area contributed by atoms with Crippen molar-refractivity contribution in [3.63, 3.8) is 0 Å². The lowest BCUT2D eigenvalue weighted by atomic mass is 9.69. The Hall–Kier alpha value is -3.15. The molecule has 0 radical (unpaired) electrons. The zero-order valence-electron chi connectivity index (χ0n) is 18.9. The maximum atomic E-state index is 9.95. The molecule has 0 unspecified atom stereocenters. The van der Waals surface area contributed by atoms with Crippen molar-refractivity contribution in [1.29, 1.82) is 0 Å². The molecule has 0 bridgehead atoms. The van der Waals surface area contributed by atoms with Crippen molar-refractivity contribution >= 4 is 5.97 Å². The van der Waals surface area contributed by atoms with Crippen molar-refractivity contribution in [2.24, 2.45) is 0 Å². The van der Waals surface area contributed by atoms with Crippen LogP contribution in [0, 0.1) is 0 Å². The van der Waals surface area contributed by atoms with E-state index in [4.69, 9.17) is 10.2 Å². The number of carboxylic acids is 1. The Morgan fingerprint density at radius 3 is 2.21 bits per heavy atom. The highest BCUT2D eigenvalue weighted by Crippen LogP contribution is 2.46. The molecule has 2 atom stereocenters. The summed E-state index contributed by atoms with van der Waals surface area (Å²) in [6.07, 6.45) is 2.94. The third kappa shape index (κ3) is 7.17. The molecule has 0 saturated carbocycles. The number of phenols is 1. The molecule has 0 fully saturated rings. The molecule has 0 spiro atoms. The average molecular weight is 448 g/mol. The summed E-state index contributed by atoms with van der Waals surface area (Å²) in [5, 5.41) is 29.2. The second-order valence-corrected chi connectivity index (χ2v) is 8.30. The zero-order valence-corrected chi connectivity index (χ0v) is 18.9. The summed E-state index contributed by atoms with van der Waals surface area (Å²) >= 11 is 0. The predicted octanol–water partition coefficient (Wildman–Crippen LogP) is 4.69. The SMILES string of the molecule is O=C(O)CCCNCCO.Oc1ccc2c(c1)CC[C@H](c1ccccc1)[C@@H]2c1ccccc1. The van der Waals surface area contributed by atoms with Gasteiger partial charge in [0.2, 0.25) is 0 Å². The predicted molar refractivity (Wildman–Crippen MR) is 131 cm³/mol. The van der Waals surface area contributed by atoms with E-state index in [-0.39, 0.29) is 13.0 Å². The third-order valence-electron chi connectivity index (χ3n) is 6.01. The molecule has 1 aliphatic rings. The molecular formula is C28H33NO4. The first kappa shape index (κ1) is 24.5. The van der Waals surface area contributed by atoms with Gasteiger partial charge in [-0.3, -0.25) is 4.79 Å². The van der Waals surface area contributed by atoms with E-state index in [0.717, 1.165) is 12.8 Å². The number of aliphatic carboxylic acids is 1. The van der Waals surface area contributed by atoms with Crippen molar-refractivity contribution in [1.82, 2.24) is 5.32 Å². The smallest absolute Gasteiger partial charge is 0.303 e. The van der Waals surface area contributed by atoms with Crippen LogP contribution in [0.1, 0.15) is 53.4 Å². The molecular weight excluding hydrogens is 414 g/mol. The van der Waals surface area contributed by atoms with Crippen LogP contribution >= 0.6 is 0 Å². The van der Waals surface area contributed by atoms with Gasteiger partial charge < -0.3 is 20.6 Å². The standard InChI is InChI=1S/C22H20O.C6H13NO3/c23-19-12-14-21-18(15-19)11-13-20(16-7-3-1-4-8-16)22(21)17-9-5-2-6-10-17;8-5-4-7-3-1-2-6(9)10/h1-10,12,14-15,20,22-23H,11,13H2;7-8H,1-5H2,(H,9,10)/t20-,22+;/m1./s1. The summed E-state index contributed by atoms with van der Waals surface area (Å²) in [5.74, 6) is 0.429. The summed E-state index contributed by atoms with van der Waals surface area (Å²) in [6, 6.07) is 27.4. The highest BCUT2D eigenvalue weighted by atomic mass is 16.4.